The molecule has 2 rings (SSSR count). The van der Waals surface area contributed by atoms with Crippen molar-refractivity contribution in [3.8, 4) is 0 Å². The number of hydrogen-bond donors (Lipinski definition) is 1. The fourth-order valence-corrected chi connectivity index (χ4v) is 2.76. The van der Waals surface area contributed by atoms with Crippen molar-refractivity contribution in [2.75, 3.05) is 13.7 Å². The van der Waals surface area contributed by atoms with Gasteiger partial charge >= 0.3 is 0 Å². The van der Waals surface area contributed by atoms with Gasteiger partial charge in [-0.15, -0.1) is 0 Å². The van der Waals surface area contributed by atoms with Gasteiger partial charge in [-0.3, -0.25) is 9.59 Å². The summed E-state index contributed by atoms with van der Waals surface area (Å²) in [6, 6.07) is 5.90. The van der Waals surface area contributed by atoms with Crippen LogP contribution in [-0.4, -0.2) is 31.4 Å². The molecular formula is C17H23NO3. The van der Waals surface area contributed by atoms with E-state index in [-0.39, 0.29) is 30.6 Å². The second-order valence-corrected chi connectivity index (χ2v) is 5.68. The first-order valence-corrected chi connectivity index (χ1v) is 7.53. The Morgan fingerprint density at radius 2 is 2.00 bits per heavy atom. The van der Waals surface area contributed by atoms with Crippen molar-refractivity contribution < 1.29 is 14.3 Å². The van der Waals surface area contributed by atoms with Crippen LogP contribution in [-0.2, 0) is 22.4 Å². The predicted octanol–water partition coefficient (Wildman–Crippen LogP) is 2.29. The molecule has 1 aromatic rings. The first-order chi connectivity index (χ1) is 10.1. The van der Waals surface area contributed by atoms with E-state index in [9.17, 15) is 9.59 Å². The van der Waals surface area contributed by atoms with Gasteiger partial charge in [0.2, 0.25) is 5.91 Å². The summed E-state index contributed by atoms with van der Waals surface area (Å²) in [5.41, 5.74) is 3.38. The van der Waals surface area contributed by atoms with Gasteiger partial charge in [0.15, 0.2) is 5.78 Å². The number of benzene rings is 1. The molecule has 1 N–H and O–H groups in total. The summed E-state index contributed by atoms with van der Waals surface area (Å²) in [4.78, 5) is 23.9. The normalized spacial score (nSPS) is 14.6. The van der Waals surface area contributed by atoms with Crippen molar-refractivity contribution in [1.82, 2.24) is 5.32 Å². The van der Waals surface area contributed by atoms with Crippen molar-refractivity contribution >= 4 is 11.7 Å². The highest BCUT2D eigenvalue weighted by Gasteiger charge is 2.15. The molecule has 1 atom stereocenters. The number of hydrogen-bond acceptors (Lipinski definition) is 3. The summed E-state index contributed by atoms with van der Waals surface area (Å²) in [5.74, 6) is -0.0618. The Bertz CT molecular complexity index is 525. The molecule has 0 radical (unpaired) electrons. The molecule has 0 bridgehead atoms. The second kappa shape index (κ2) is 7.36. The molecule has 0 unspecified atom stereocenters. The number of fused-ring (bicyclic) bond motifs is 1. The smallest absolute Gasteiger partial charge is 0.220 e. The quantitative estimate of drug-likeness (QED) is 0.784. The minimum absolute atomic E-state index is 0.0300. The number of ketones is 1. The third-order valence-corrected chi connectivity index (χ3v) is 3.82. The first kappa shape index (κ1) is 15.7. The number of methoxy groups -OCH3 is 1. The average molecular weight is 289 g/mol. The van der Waals surface area contributed by atoms with Gasteiger partial charge in [0.05, 0.1) is 6.61 Å². The molecule has 1 amide bonds. The SMILES string of the molecule is COC[C@H](C)NC(=O)CCC(=O)c1ccc2c(c1)CCC2. The van der Waals surface area contributed by atoms with E-state index in [1.54, 1.807) is 7.11 Å². The van der Waals surface area contributed by atoms with E-state index in [1.165, 1.54) is 17.5 Å². The van der Waals surface area contributed by atoms with Crippen molar-refractivity contribution in [2.24, 2.45) is 0 Å². The highest BCUT2D eigenvalue weighted by Crippen LogP contribution is 2.23. The minimum atomic E-state index is -0.103. The highest BCUT2D eigenvalue weighted by molar-refractivity contribution is 5.98. The van der Waals surface area contributed by atoms with Crippen LogP contribution in [0.1, 0.15) is 47.7 Å². The first-order valence-electron chi connectivity index (χ1n) is 7.53. The third kappa shape index (κ3) is 4.39. The zero-order chi connectivity index (χ0) is 15.2. The molecule has 0 spiro atoms. The van der Waals surface area contributed by atoms with Gasteiger partial charge in [0, 0.05) is 31.6 Å². The molecule has 4 heteroatoms. The zero-order valence-electron chi connectivity index (χ0n) is 12.8. The fourth-order valence-electron chi connectivity index (χ4n) is 2.76. The molecule has 0 aliphatic heterocycles. The summed E-state index contributed by atoms with van der Waals surface area (Å²) < 4.78 is 4.96. The number of amides is 1. The van der Waals surface area contributed by atoms with Gasteiger partial charge in [0.25, 0.3) is 0 Å². The highest BCUT2D eigenvalue weighted by atomic mass is 16.5. The molecule has 0 fully saturated rings. The molecular weight excluding hydrogens is 266 g/mol. The van der Waals surface area contributed by atoms with E-state index >= 15 is 0 Å². The maximum atomic E-state index is 12.2. The molecule has 114 valence electrons. The average Bonchev–Trinajstić information content (AvgIpc) is 2.92. The van der Waals surface area contributed by atoms with Gasteiger partial charge < -0.3 is 10.1 Å². The van der Waals surface area contributed by atoms with Crippen LogP contribution in [0.3, 0.4) is 0 Å². The van der Waals surface area contributed by atoms with E-state index in [2.05, 4.69) is 11.4 Å². The largest absolute Gasteiger partial charge is 0.383 e. The van der Waals surface area contributed by atoms with Crippen LogP contribution < -0.4 is 5.32 Å². The van der Waals surface area contributed by atoms with Crippen LogP contribution in [0.15, 0.2) is 18.2 Å². The summed E-state index contributed by atoms with van der Waals surface area (Å²) in [5, 5.41) is 2.81. The topological polar surface area (TPSA) is 55.4 Å². The Morgan fingerprint density at radius 1 is 1.24 bits per heavy atom. The van der Waals surface area contributed by atoms with Gasteiger partial charge in [0.1, 0.15) is 0 Å². The Kier molecular flexibility index (Phi) is 5.51. The van der Waals surface area contributed by atoms with Gasteiger partial charge in [-0.1, -0.05) is 12.1 Å². The lowest BCUT2D eigenvalue weighted by atomic mass is 10.0. The number of carbonyl (C=O) groups excluding carboxylic acids is 2. The molecule has 0 aromatic heterocycles. The molecule has 1 aliphatic carbocycles. The monoisotopic (exact) mass is 289 g/mol. The van der Waals surface area contributed by atoms with Crippen LogP contribution in [0.4, 0.5) is 0 Å². The number of nitrogens with one attached hydrogen (secondary N) is 1. The minimum Gasteiger partial charge on any atom is -0.383 e. The van der Waals surface area contributed by atoms with E-state index in [4.69, 9.17) is 4.74 Å². The zero-order valence-corrected chi connectivity index (χ0v) is 12.8. The van der Waals surface area contributed by atoms with Crippen LogP contribution in [0, 0.1) is 0 Å². The van der Waals surface area contributed by atoms with Crippen LogP contribution >= 0.6 is 0 Å². The van der Waals surface area contributed by atoms with Crippen LogP contribution in [0.2, 0.25) is 0 Å². The molecule has 1 aromatic carbocycles. The maximum Gasteiger partial charge on any atom is 0.220 e. The lowest BCUT2D eigenvalue weighted by Crippen LogP contribution is -2.35. The lowest BCUT2D eigenvalue weighted by Gasteiger charge is -2.12. The Hall–Kier alpha value is -1.68. The van der Waals surface area contributed by atoms with Crippen molar-refractivity contribution in [3.63, 3.8) is 0 Å². The number of aryl methyl sites for hydroxylation is 2. The maximum absolute atomic E-state index is 12.2. The van der Waals surface area contributed by atoms with Crippen LogP contribution in [0.5, 0.6) is 0 Å². The number of rotatable bonds is 7. The second-order valence-electron chi connectivity index (χ2n) is 5.68. The Morgan fingerprint density at radius 3 is 2.76 bits per heavy atom. The molecule has 0 saturated carbocycles. The molecule has 21 heavy (non-hydrogen) atoms. The molecule has 0 saturated heterocycles. The van der Waals surface area contributed by atoms with Crippen molar-refractivity contribution in [1.29, 1.82) is 0 Å². The predicted molar refractivity (Wildman–Crippen MR) is 81.5 cm³/mol. The lowest BCUT2D eigenvalue weighted by molar-refractivity contribution is -0.122. The number of ether oxygens (including phenoxy) is 1. The molecule has 1 aliphatic rings. The standard InChI is InChI=1S/C17H23NO3/c1-12(11-21-2)18-17(20)9-8-16(19)15-7-6-13-4-3-5-14(13)10-15/h6-7,10,12H,3-5,8-9,11H2,1-2H3,(H,18,20)/t12-/m0/s1. The Balaban J connectivity index is 1.83. The van der Waals surface area contributed by atoms with Gasteiger partial charge in [-0.05, 0) is 43.4 Å². The number of Topliss-reactive ketones (excluding diaryl/α,β-unsaturated/α-hetero) is 1. The molecule has 4 nitrogen and oxygen atoms in total. The van der Waals surface area contributed by atoms with Crippen molar-refractivity contribution in [3.05, 3.63) is 34.9 Å². The summed E-state index contributed by atoms with van der Waals surface area (Å²) in [7, 11) is 1.60. The van der Waals surface area contributed by atoms with Crippen LogP contribution in [0.25, 0.3) is 0 Å². The van der Waals surface area contributed by atoms with E-state index < -0.39 is 0 Å². The fraction of sp³-hybridized carbons (Fsp3) is 0.529. The Labute approximate surface area is 125 Å². The van der Waals surface area contributed by atoms with E-state index in [1.807, 2.05) is 19.1 Å². The summed E-state index contributed by atoms with van der Waals surface area (Å²) in [6.45, 7) is 2.36. The molecule has 0 heterocycles. The number of carbonyl (C=O) groups is 2. The summed E-state index contributed by atoms with van der Waals surface area (Å²) >= 11 is 0. The summed E-state index contributed by atoms with van der Waals surface area (Å²) in [6.07, 6.45) is 3.83. The van der Waals surface area contributed by atoms with E-state index in [0.29, 0.717) is 6.61 Å². The van der Waals surface area contributed by atoms with Gasteiger partial charge in [-0.2, -0.15) is 0 Å². The van der Waals surface area contributed by atoms with Gasteiger partial charge in [-0.25, -0.2) is 0 Å². The van der Waals surface area contributed by atoms with Crippen molar-refractivity contribution in [2.45, 2.75) is 45.1 Å². The van der Waals surface area contributed by atoms with E-state index in [0.717, 1.165) is 18.4 Å². The third-order valence-electron chi connectivity index (χ3n) is 3.82.